The van der Waals surface area contributed by atoms with E-state index >= 15 is 0 Å². The molecule has 9 heteroatoms. The highest BCUT2D eigenvalue weighted by molar-refractivity contribution is 6.05. The molecule has 0 unspecified atom stereocenters. The van der Waals surface area contributed by atoms with Crippen molar-refractivity contribution in [3.8, 4) is 0 Å². The smallest absolute Gasteiger partial charge is 0.321 e. The van der Waals surface area contributed by atoms with E-state index in [1.807, 2.05) is 0 Å². The monoisotopic (exact) mass is 335 g/mol. The van der Waals surface area contributed by atoms with E-state index in [9.17, 15) is 18.0 Å². The van der Waals surface area contributed by atoms with Crippen molar-refractivity contribution in [2.75, 3.05) is 5.32 Å². The zero-order valence-corrected chi connectivity index (χ0v) is 12.7. The van der Waals surface area contributed by atoms with E-state index in [0.717, 1.165) is 6.07 Å². The number of alkyl halides is 3. The Morgan fingerprint density at radius 3 is 2.62 bits per heavy atom. The largest absolute Gasteiger partial charge is 0.418 e. The number of aryl methyl sites for hydroxylation is 2. The van der Waals surface area contributed by atoms with Gasteiger partial charge in [-0.2, -0.15) is 23.3 Å². The van der Waals surface area contributed by atoms with Gasteiger partial charge in [0.2, 0.25) is 0 Å². The highest BCUT2D eigenvalue weighted by Gasteiger charge is 2.33. The summed E-state index contributed by atoms with van der Waals surface area (Å²) in [5.74, 6) is 0.0922. The van der Waals surface area contributed by atoms with E-state index in [-0.39, 0.29) is 11.3 Å². The van der Waals surface area contributed by atoms with Crippen LogP contribution in [0.1, 0.15) is 27.4 Å². The summed E-state index contributed by atoms with van der Waals surface area (Å²) in [6.45, 7) is 3.29. The molecule has 0 atom stereocenters. The minimum Gasteiger partial charge on any atom is -0.321 e. The molecular formula is C15H12F3N5O. The predicted octanol–water partition coefficient (Wildman–Crippen LogP) is 3.01. The summed E-state index contributed by atoms with van der Waals surface area (Å²) in [6.07, 6.45) is -3.30. The highest BCUT2D eigenvalue weighted by atomic mass is 19.4. The summed E-state index contributed by atoms with van der Waals surface area (Å²) in [6, 6.07) is 4.78. The number of carbonyl (C=O) groups excluding carboxylic acids is 1. The SMILES string of the molecule is Cc1nc2ncc(C(=O)Nc3ccccc3C(F)(F)F)c(C)n2n1. The maximum Gasteiger partial charge on any atom is 0.418 e. The Bertz CT molecular complexity index is 932. The fourth-order valence-corrected chi connectivity index (χ4v) is 2.29. The maximum atomic E-state index is 13.0. The lowest BCUT2D eigenvalue weighted by Gasteiger charge is -2.14. The number of carbonyl (C=O) groups is 1. The molecule has 1 aromatic carbocycles. The van der Waals surface area contributed by atoms with Crippen LogP contribution in [0.15, 0.2) is 30.5 Å². The number of hydrogen-bond donors (Lipinski definition) is 1. The number of benzene rings is 1. The van der Waals surface area contributed by atoms with Gasteiger partial charge < -0.3 is 5.32 Å². The Labute approximate surface area is 134 Å². The van der Waals surface area contributed by atoms with Crippen molar-refractivity contribution in [1.29, 1.82) is 0 Å². The third kappa shape index (κ3) is 2.80. The number of aromatic nitrogens is 4. The Kier molecular flexibility index (Phi) is 3.70. The Hall–Kier alpha value is -2.97. The van der Waals surface area contributed by atoms with Crippen molar-refractivity contribution >= 4 is 17.4 Å². The van der Waals surface area contributed by atoms with Crippen LogP contribution in [0.2, 0.25) is 0 Å². The van der Waals surface area contributed by atoms with Crippen molar-refractivity contribution < 1.29 is 18.0 Å². The molecule has 0 fully saturated rings. The molecule has 24 heavy (non-hydrogen) atoms. The van der Waals surface area contributed by atoms with Crippen LogP contribution in [0.25, 0.3) is 5.78 Å². The van der Waals surface area contributed by atoms with Crippen LogP contribution in [0.3, 0.4) is 0 Å². The lowest BCUT2D eigenvalue weighted by molar-refractivity contribution is -0.136. The van der Waals surface area contributed by atoms with Gasteiger partial charge in [0, 0.05) is 6.20 Å². The molecule has 0 aliphatic rings. The lowest BCUT2D eigenvalue weighted by Crippen LogP contribution is -2.19. The van der Waals surface area contributed by atoms with Crippen LogP contribution < -0.4 is 5.32 Å². The van der Waals surface area contributed by atoms with Crippen LogP contribution in [0.4, 0.5) is 18.9 Å². The molecule has 0 spiro atoms. The zero-order chi connectivity index (χ0) is 17.5. The van der Waals surface area contributed by atoms with Gasteiger partial charge >= 0.3 is 6.18 Å². The highest BCUT2D eigenvalue weighted by Crippen LogP contribution is 2.34. The molecule has 1 amide bonds. The molecule has 2 aromatic heterocycles. The van der Waals surface area contributed by atoms with Crippen molar-refractivity contribution in [3.63, 3.8) is 0 Å². The first-order chi connectivity index (χ1) is 11.3. The lowest BCUT2D eigenvalue weighted by atomic mass is 10.1. The first-order valence-corrected chi connectivity index (χ1v) is 6.94. The Morgan fingerprint density at radius 2 is 1.92 bits per heavy atom. The second kappa shape index (κ2) is 5.59. The van der Waals surface area contributed by atoms with E-state index in [1.54, 1.807) is 13.8 Å². The molecule has 3 aromatic rings. The van der Waals surface area contributed by atoms with Gasteiger partial charge in [-0.3, -0.25) is 4.79 Å². The summed E-state index contributed by atoms with van der Waals surface area (Å²) in [5, 5.41) is 6.39. The first-order valence-electron chi connectivity index (χ1n) is 6.94. The van der Waals surface area contributed by atoms with Crippen molar-refractivity contribution in [1.82, 2.24) is 19.6 Å². The molecule has 2 heterocycles. The predicted molar refractivity (Wildman–Crippen MR) is 79.7 cm³/mol. The second-order valence-electron chi connectivity index (χ2n) is 5.13. The van der Waals surface area contributed by atoms with Gasteiger partial charge in [0.25, 0.3) is 11.7 Å². The second-order valence-corrected chi connectivity index (χ2v) is 5.13. The van der Waals surface area contributed by atoms with E-state index in [1.165, 1.54) is 28.9 Å². The van der Waals surface area contributed by atoms with E-state index in [2.05, 4.69) is 20.4 Å². The molecule has 0 saturated carbocycles. The Balaban J connectivity index is 1.98. The molecule has 1 N–H and O–H groups in total. The van der Waals surface area contributed by atoms with Gasteiger partial charge in [-0.25, -0.2) is 9.50 Å². The molecule has 124 valence electrons. The van der Waals surface area contributed by atoms with Crippen molar-refractivity contribution in [3.05, 3.63) is 53.1 Å². The zero-order valence-electron chi connectivity index (χ0n) is 12.7. The summed E-state index contributed by atoms with van der Waals surface area (Å²) in [4.78, 5) is 20.5. The van der Waals surface area contributed by atoms with Gasteiger partial charge in [-0.15, -0.1) is 0 Å². The minimum atomic E-state index is -4.57. The first kappa shape index (κ1) is 15.9. The number of amides is 1. The average Bonchev–Trinajstić information content (AvgIpc) is 2.88. The summed E-state index contributed by atoms with van der Waals surface area (Å²) >= 11 is 0. The average molecular weight is 335 g/mol. The van der Waals surface area contributed by atoms with E-state index in [4.69, 9.17) is 0 Å². The molecule has 0 radical (unpaired) electrons. The van der Waals surface area contributed by atoms with Crippen molar-refractivity contribution in [2.24, 2.45) is 0 Å². The van der Waals surface area contributed by atoms with Crippen molar-refractivity contribution in [2.45, 2.75) is 20.0 Å². The molecule has 0 saturated heterocycles. The number of rotatable bonds is 2. The number of hydrogen-bond acceptors (Lipinski definition) is 4. The third-order valence-electron chi connectivity index (χ3n) is 3.44. The summed E-state index contributed by atoms with van der Waals surface area (Å²) < 4.78 is 40.4. The third-order valence-corrected chi connectivity index (χ3v) is 3.44. The van der Waals surface area contributed by atoms with Crippen LogP contribution in [-0.2, 0) is 6.18 Å². The Morgan fingerprint density at radius 1 is 1.21 bits per heavy atom. The van der Waals surface area contributed by atoms with E-state index in [0.29, 0.717) is 17.3 Å². The van der Waals surface area contributed by atoms with Crippen LogP contribution in [0, 0.1) is 13.8 Å². The number of nitrogens with zero attached hydrogens (tertiary/aromatic N) is 4. The minimum absolute atomic E-state index is 0.115. The van der Waals surface area contributed by atoms with Crippen LogP contribution in [0.5, 0.6) is 0 Å². The van der Waals surface area contributed by atoms with Gasteiger partial charge in [-0.1, -0.05) is 12.1 Å². The number of para-hydroxylation sites is 1. The summed E-state index contributed by atoms with van der Waals surface area (Å²) in [5.41, 5.74) is -0.683. The maximum absolute atomic E-state index is 13.0. The van der Waals surface area contributed by atoms with Crippen LogP contribution >= 0.6 is 0 Å². The molecule has 0 aliphatic heterocycles. The molecule has 0 bridgehead atoms. The van der Waals surface area contributed by atoms with E-state index < -0.39 is 17.6 Å². The number of fused-ring (bicyclic) bond motifs is 1. The topological polar surface area (TPSA) is 72.2 Å². The van der Waals surface area contributed by atoms with Crippen LogP contribution in [-0.4, -0.2) is 25.5 Å². The molecule has 6 nitrogen and oxygen atoms in total. The number of anilines is 1. The fourth-order valence-electron chi connectivity index (χ4n) is 2.29. The van der Waals surface area contributed by atoms with Gasteiger partial charge in [0.05, 0.1) is 22.5 Å². The van der Waals surface area contributed by atoms with Gasteiger partial charge in [0.1, 0.15) is 5.82 Å². The molecular weight excluding hydrogens is 323 g/mol. The fraction of sp³-hybridized carbons (Fsp3) is 0.200. The van der Waals surface area contributed by atoms with Gasteiger partial charge in [-0.05, 0) is 26.0 Å². The summed E-state index contributed by atoms with van der Waals surface area (Å²) in [7, 11) is 0. The molecule has 3 rings (SSSR count). The standard InChI is InChI=1S/C15H12F3N5O/c1-8-10(7-19-14-20-9(2)22-23(8)14)13(24)21-12-6-4-3-5-11(12)15(16,17)18/h3-7H,1-2H3,(H,21,24). The van der Waals surface area contributed by atoms with Gasteiger partial charge in [0.15, 0.2) is 0 Å². The number of nitrogens with one attached hydrogen (secondary N) is 1. The normalized spacial score (nSPS) is 11.7. The molecule has 0 aliphatic carbocycles. The quantitative estimate of drug-likeness (QED) is 0.781. The number of halogens is 3.